The maximum absolute atomic E-state index is 12.3. The lowest BCUT2D eigenvalue weighted by atomic mass is 10.1. The van der Waals surface area contributed by atoms with Crippen molar-refractivity contribution in [3.63, 3.8) is 0 Å². The SMILES string of the molecule is O=C(NNS(=O)(=O)c1cccc(OC(F)(F)F)c1)c1ccc2[nH]ccc2c1. The van der Waals surface area contributed by atoms with Crippen LogP contribution in [0.1, 0.15) is 10.4 Å². The van der Waals surface area contributed by atoms with Gasteiger partial charge < -0.3 is 9.72 Å². The first-order valence-electron chi connectivity index (χ1n) is 7.39. The summed E-state index contributed by atoms with van der Waals surface area (Å²) in [6, 6.07) is 10.2. The number of rotatable bonds is 5. The number of hydrazine groups is 1. The van der Waals surface area contributed by atoms with Crippen molar-refractivity contribution in [1.29, 1.82) is 0 Å². The number of benzene rings is 2. The van der Waals surface area contributed by atoms with Crippen LogP contribution in [-0.2, 0) is 10.0 Å². The normalized spacial score (nSPS) is 12.1. The number of ether oxygens (including phenoxy) is 1. The third-order valence-corrected chi connectivity index (χ3v) is 4.71. The molecule has 0 aliphatic heterocycles. The van der Waals surface area contributed by atoms with Crippen molar-refractivity contribution in [2.75, 3.05) is 0 Å². The first-order chi connectivity index (χ1) is 12.6. The highest BCUT2D eigenvalue weighted by Crippen LogP contribution is 2.24. The summed E-state index contributed by atoms with van der Waals surface area (Å²) in [7, 11) is -4.31. The number of hydrogen-bond donors (Lipinski definition) is 3. The highest BCUT2D eigenvalue weighted by atomic mass is 32.2. The van der Waals surface area contributed by atoms with Gasteiger partial charge in [-0.05, 0) is 36.4 Å². The zero-order valence-electron chi connectivity index (χ0n) is 13.4. The Morgan fingerprint density at radius 1 is 1.07 bits per heavy atom. The van der Waals surface area contributed by atoms with Crippen LogP contribution in [0.25, 0.3) is 10.9 Å². The number of alkyl halides is 3. The van der Waals surface area contributed by atoms with Gasteiger partial charge in [0, 0.05) is 28.7 Å². The molecule has 0 aliphatic carbocycles. The molecule has 27 heavy (non-hydrogen) atoms. The van der Waals surface area contributed by atoms with Crippen molar-refractivity contribution in [3.05, 3.63) is 60.3 Å². The number of hydrogen-bond acceptors (Lipinski definition) is 4. The first-order valence-corrected chi connectivity index (χ1v) is 8.87. The number of fused-ring (bicyclic) bond motifs is 1. The maximum atomic E-state index is 12.3. The van der Waals surface area contributed by atoms with Crippen LogP contribution < -0.4 is 15.0 Å². The molecule has 3 rings (SSSR count). The van der Waals surface area contributed by atoms with E-state index in [0.29, 0.717) is 6.07 Å². The molecule has 1 aromatic heterocycles. The van der Waals surface area contributed by atoms with Crippen LogP contribution in [0.5, 0.6) is 5.75 Å². The van der Waals surface area contributed by atoms with E-state index in [1.165, 1.54) is 6.07 Å². The van der Waals surface area contributed by atoms with Crippen molar-refractivity contribution in [2.24, 2.45) is 0 Å². The zero-order valence-corrected chi connectivity index (χ0v) is 14.2. The van der Waals surface area contributed by atoms with Gasteiger partial charge in [0.25, 0.3) is 15.9 Å². The number of H-pyrrole nitrogens is 1. The molecule has 0 fully saturated rings. The molecule has 0 unspecified atom stereocenters. The summed E-state index contributed by atoms with van der Waals surface area (Å²) in [6.45, 7) is 0. The van der Waals surface area contributed by atoms with Gasteiger partial charge in [-0.25, -0.2) is 8.42 Å². The minimum Gasteiger partial charge on any atom is -0.406 e. The third-order valence-electron chi connectivity index (χ3n) is 3.46. The van der Waals surface area contributed by atoms with Crippen LogP contribution in [0, 0.1) is 0 Å². The zero-order chi connectivity index (χ0) is 19.7. The molecule has 0 radical (unpaired) electrons. The lowest BCUT2D eigenvalue weighted by molar-refractivity contribution is -0.274. The minimum atomic E-state index is -4.96. The highest BCUT2D eigenvalue weighted by Gasteiger charge is 2.31. The monoisotopic (exact) mass is 399 g/mol. The van der Waals surface area contributed by atoms with Crippen molar-refractivity contribution in [2.45, 2.75) is 11.3 Å². The number of halogens is 3. The summed E-state index contributed by atoms with van der Waals surface area (Å²) >= 11 is 0. The van der Waals surface area contributed by atoms with E-state index >= 15 is 0 Å². The third kappa shape index (κ3) is 4.57. The molecule has 3 aromatic rings. The summed E-state index contributed by atoms with van der Waals surface area (Å²) in [4.78, 5) is 16.4. The number of nitrogens with one attached hydrogen (secondary N) is 3. The predicted octanol–water partition coefficient (Wildman–Crippen LogP) is 2.69. The van der Waals surface area contributed by atoms with Crippen LogP contribution >= 0.6 is 0 Å². The Kier molecular flexibility index (Phi) is 4.81. The van der Waals surface area contributed by atoms with E-state index < -0.39 is 32.9 Å². The second-order valence-corrected chi connectivity index (χ2v) is 7.04. The molecule has 2 aromatic carbocycles. The predicted molar refractivity (Wildman–Crippen MR) is 89.2 cm³/mol. The maximum Gasteiger partial charge on any atom is 0.573 e. The average Bonchev–Trinajstić information content (AvgIpc) is 3.06. The Morgan fingerprint density at radius 3 is 2.59 bits per heavy atom. The molecular formula is C16H12F3N3O4S. The first kappa shape index (κ1) is 18.7. The van der Waals surface area contributed by atoms with Gasteiger partial charge in [-0.2, -0.15) is 0 Å². The molecule has 1 heterocycles. The topological polar surface area (TPSA) is 100 Å². The molecule has 11 heteroatoms. The largest absolute Gasteiger partial charge is 0.573 e. The van der Waals surface area contributed by atoms with E-state index in [1.54, 1.807) is 24.4 Å². The molecular weight excluding hydrogens is 387 g/mol. The molecule has 0 saturated carbocycles. The van der Waals surface area contributed by atoms with Crippen molar-refractivity contribution < 1.29 is 31.1 Å². The fraction of sp³-hybridized carbons (Fsp3) is 0.0625. The highest BCUT2D eigenvalue weighted by molar-refractivity contribution is 7.89. The second kappa shape index (κ2) is 6.93. The summed E-state index contributed by atoms with van der Waals surface area (Å²) < 4.78 is 64.8. The van der Waals surface area contributed by atoms with Gasteiger partial charge in [0.1, 0.15) is 5.75 Å². The van der Waals surface area contributed by atoms with Crippen molar-refractivity contribution in [1.82, 2.24) is 15.2 Å². The van der Waals surface area contributed by atoms with Gasteiger partial charge in [-0.3, -0.25) is 10.2 Å². The number of aromatic nitrogens is 1. The smallest absolute Gasteiger partial charge is 0.406 e. The van der Waals surface area contributed by atoms with E-state index in [-0.39, 0.29) is 5.56 Å². The summed E-state index contributed by atoms with van der Waals surface area (Å²) in [5.41, 5.74) is 3.01. The molecule has 0 bridgehead atoms. The molecule has 0 saturated heterocycles. The standard InChI is InChI=1S/C16H12F3N3O4S/c17-16(18,19)26-12-2-1-3-13(9-12)27(24,25)22-21-15(23)11-4-5-14-10(8-11)6-7-20-14/h1-9,20,22H,(H,21,23). The van der Waals surface area contributed by atoms with E-state index in [0.717, 1.165) is 29.1 Å². The molecule has 1 amide bonds. The van der Waals surface area contributed by atoms with Crippen molar-refractivity contribution in [3.8, 4) is 5.75 Å². The Morgan fingerprint density at radius 2 is 1.85 bits per heavy atom. The molecule has 7 nitrogen and oxygen atoms in total. The van der Waals surface area contributed by atoms with Gasteiger partial charge in [-0.1, -0.05) is 6.07 Å². The molecule has 0 spiro atoms. The minimum absolute atomic E-state index is 0.193. The van der Waals surface area contributed by atoms with Gasteiger partial charge in [0.15, 0.2) is 0 Å². The Labute approximate surface area is 151 Å². The van der Waals surface area contributed by atoms with Crippen LogP contribution in [0.4, 0.5) is 13.2 Å². The summed E-state index contributed by atoms with van der Waals surface area (Å²) in [5.74, 6) is -1.43. The van der Waals surface area contributed by atoms with E-state index in [4.69, 9.17) is 0 Å². The Bertz CT molecular complexity index is 1090. The number of amides is 1. The number of aromatic amines is 1. The lowest BCUT2D eigenvalue weighted by Crippen LogP contribution is -2.41. The fourth-order valence-electron chi connectivity index (χ4n) is 2.28. The fourth-order valence-corrected chi connectivity index (χ4v) is 3.15. The molecule has 3 N–H and O–H groups in total. The molecule has 0 aliphatic rings. The van der Waals surface area contributed by atoms with Gasteiger partial charge in [-0.15, -0.1) is 18.0 Å². The van der Waals surface area contributed by atoms with E-state index in [1.807, 2.05) is 10.3 Å². The van der Waals surface area contributed by atoms with Gasteiger partial charge >= 0.3 is 6.36 Å². The quantitative estimate of drug-likeness (QED) is 0.575. The average molecular weight is 399 g/mol. The van der Waals surface area contributed by atoms with Crippen LogP contribution in [0.3, 0.4) is 0 Å². The Hall–Kier alpha value is -3.05. The lowest BCUT2D eigenvalue weighted by Gasteiger charge is -2.11. The second-order valence-electron chi connectivity index (χ2n) is 5.36. The Balaban J connectivity index is 1.72. The number of carbonyl (C=O) groups excluding carboxylic acids is 1. The van der Waals surface area contributed by atoms with Crippen LogP contribution in [-0.4, -0.2) is 25.7 Å². The summed E-state index contributed by atoms with van der Waals surface area (Å²) in [5, 5.41) is 0.752. The van der Waals surface area contributed by atoms with Crippen molar-refractivity contribution >= 4 is 26.8 Å². The van der Waals surface area contributed by atoms with E-state index in [9.17, 15) is 26.4 Å². The number of carbonyl (C=O) groups is 1. The van der Waals surface area contributed by atoms with E-state index in [2.05, 4.69) is 9.72 Å². The van der Waals surface area contributed by atoms with Crippen LogP contribution in [0.2, 0.25) is 0 Å². The van der Waals surface area contributed by atoms with Gasteiger partial charge in [0.2, 0.25) is 0 Å². The number of sulfonamides is 1. The van der Waals surface area contributed by atoms with Gasteiger partial charge in [0.05, 0.1) is 4.90 Å². The summed E-state index contributed by atoms with van der Waals surface area (Å²) in [6.07, 6.45) is -3.27. The molecule has 0 atom stereocenters. The molecule has 142 valence electrons. The van der Waals surface area contributed by atoms with Crippen LogP contribution in [0.15, 0.2) is 59.6 Å².